The third kappa shape index (κ3) is 3.15. The lowest BCUT2D eigenvalue weighted by Gasteiger charge is -2.35. The minimum absolute atomic E-state index is 0.0156. The van der Waals surface area contributed by atoms with Crippen molar-refractivity contribution in [1.29, 1.82) is 0 Å². The van der Waals surface area contributed by atoms with Crippen LogP contribution in [0.25, 0.3) is 0 Å². The number of hydrogen-bond donors (Lipinski definition) is 1. The Kier molecular flexibility index (Phi) is 4.32. The predicted octanol–water partition coefficient (Wildman–Crippen LogP) is 1.90. The number of nitrogens with zero attached hydrogens (tertiary/aromatic N) is 2. The highest BCUT2D eigenvalue weighted by Crippen LogP contribution is 2.59. The van der Waals surface area contributed by atoms with Crippen LogP contribution in [0.5, 0.6) is 5.75 Å². The van der Waals surface area contributed by atoms with Gasteiger partial charge in [0.15, 0.2) is 6.10 Å². The van der Waals surface area contributed by atoms with Crippen LogP contribution in [0.2, 0.25) is 0 Å². The molecule has 0 aromatic heterocycles. The molecule has 1 aromatic carbocycles. The van der Waals surface area contributed by atoms with Crippen LogP contribution in [0.3, 0.4) is 0 Å². The normalized spacial score (nSPS) is 25.7. The smallest absolute Gasteiger partial charge is 0.307 e. The van der Waals surface area contributed by atoms with Crippen LogP contribution in [-0.4, -0.2) is 53.5 Å². The first-order valence-corrected chi connectivity index (χ1v) is 9.49. The fraction of sp³-hybridized carbons (Fsp3) is 0.550. The van der Waals surface area contributed by atoms with Gasteiger partial charge in [0.2, 0.25) is 5.91 Å². The van der Waals surface area contributed by atoms with Crippen LogP contribution in [0.4, 0.5) is 5.69 Å². The summed E-state index contributed by atoms with van der Waals surface area (Å²) in [5.41, 5.74) is 0.616. The maximum absolute atomic E-state index is 12.6. The van der Waals surface area contributed by atoms with Crippen LogP contribution in [0.1, 0.15) is 32.6 Å². The molecule has 1 saturated heterocycles. The number of hydrogen-bond acceptors (Lipinski definition) is 4. The van der Waals surface area contributed by atoms with E-state index in [-0.39, 0.29) is 29.6 Å². The summed E-state index contributed by atoms with van der Waals surface area (Å²) in [6.07, 6.45) is 1.94. The van der Waals surface area contributed by atoms with Crippen LogP contribution in [0, 0.1) is 11.3 Å². The van der Waals surface area contributed by atoms with Crippen molar-refractivity contribution in [3.8, 4) is 5.75 Å². The number of ether oxygens (including phenoxy) is 1. The van der Waals surface area contributed by atoms with E-state index in [4.69, 9.17) is 4.74 Å². The predicted molar refractivity (Wildman–Crippen MR) is 97.5 cm³/mol. The molecule has 0 bridgehead atoms. The quantitative estimate of drug-likeness (QED) is 0.872. The second kappa shape index (κ2) is 6.55. The van der Waals surface area contributed by atoms with E-state index < -0.39 is 12.1 Å². The van der Waals surface area contributed by atoms with Gasteiger partial charge in [-0.2, -0.15) is 0 Å². The number of benzene rings is 1. The lowest BCUT2D eigenvalue weighted by Crippen LogP contribution is -2.46. The van der Waals surface area contributed by atoms with Gasteiger partial charge in [-0.05, 0) is 43.7 Å². The summed E-state index contributed by atoms with van der Waals surface area (Å²) in [6.45, 7) is 3.24. The zero-order valence-electron chi connectivity index (χ0n) is 15.4. The summed E-state index contributed by atoms with van der Waals surface area (Å²) in [6, 6.07) is 7.36. The molecule has 7 nitrogen and oxygen atoms in total. The number of aliphatic carboxylic acids is 1. The van der Waals surface area contributed by atoms with E-state index in [1.54, 1.807) is 11.8 Å². The molecular weight excluding hydrogens is 348 g/mol. The van der Waals surface area contributed by atoms with E-state index in [1.165, 1.54) is 0 Å². The van der Waals surface area contributed by atoms with E-state index >= 15 is 0 Å². The summed E-state index contributed by atoms with van der Waals surface area (Å²) in [5.74, 6) is -0.416. The summed E-state index contributed by atoms with van der Waals surface area (Å²) in [4.78, 5) is 39.7. The molecule has 1 N–H and O–H groups in total. The fourth-order valence-electron chi connectivity index (χ4n) is 4.41. The third-order valence-electron chi connectivity index (χ3n) is 6.22. The zero-order valence-corrected chi connectivity index (χ0v) is 15.4. The highest BCUT2D eigenvalue weighted by molar-refractivity contribution is 6.00. The fourth-order valence-corrected chi connectivity index (χ4v) is 4.41. The molecule has 3 aliphatic rings. The van der Waals surface area contributed by atoms with Gasteiger partial charge in [-0.1, -0.05) is 12.1 Å². The van der Waals surface area contributed by atoms with Gasteiger partial charge in [0, 0.05) is 26.1 Å². The molecule has 1 aliphatic carbocycles. The van der Waals surface area contributed by atoms with Crippen molar-refractivity contribution in [2.75, 3.05) is 24.5 Å². The minimum atomic E-state index is -0.714. The lowest BCUT2D eigenvalue weighted by molar-refractivity contribution is -0.139. The highest BCUT2D eigenvalue weighted by atomic mass is 16.5. The van der Waals surface area contributed by atoms with Crippen molar-refractivity contribution >= 4 is 23.5 Å². The van der Waals surface area contributed by atoms with Gasteiger partial charge in [0.05, 0.1) is 11.6 Å². The lowest BCUT2D eigenvalue weighted by atomic mass is 9.90. The number of carboxylic acid groups (broad SMARTS) is 1. The number of fused-ring (bicyclic) bond motifs is 1. The van der Waals surface area contributed by atoms with Crippen molar-refractivity contribution in [1.82, 2.24) is 4.90 Å². The van der Waals surface area contributed by atoms with Crippen LogP contribution in [0.15, 0.2) is 24.3 Å². The summed E-state index contributed by atoms with van der Waals surface area (Å²) < 4.78 is 5.62. The maximum atomic E-state index is 12.6. The first kappa shape index (κ1) is 17.8. The zero-order chi connectivity index (χ0) is 19.2. The number of anilines is 1. The van der Waals surface area contributed by atoms with Crippen molar-refractivity contribution in [3.05, 3.63) is 24.3 Å². The maximum Gasteiger partial charge on any atom is 0.307 e. The van der Waals surface area contributed by atoms with Gasteiger partial charge in [-0.25, -0.2) is 0 Å². The summed E-state index contributed by atoms with van der Waals surface area (Å²) in [7, 11) is 0. The Morgan fingerprint density at radius 2 is 1.96 bits per heavy atom. The first-order chi connectivity index (χ1) is 12.9. The Balaban J connectivity index is 1.35. The van der Waals surface area contributed by atoms with Crippen molar-refractivity contribution in [2.24, 2.45) is 11.3 Å². The van der Waals surface area contributed by atoms with E-state index in [9.17, 15) is 19.5 Å². The average Bonchev–Trinajstić information content (AvgIpc) is 3.36. The van der Waals surface area contributed by atoms with Gasteiger partial charge in [-0.3, -0.25) is 14.4 Å². The molecule has 2 aliphatic heterocycles. The number of carboxylic acids is 1. The van der Waals surface area contributed by atoms with Gasteiger partial charge in [-0.15, -0.1) is 0 Å². The molecular formula is C20H24N2O5. The number of carbonyl (C=O) groups is 3. The number of likely N-dealkylation sites (tertiary alicyclic amines) is 1. The molecule has 2 heterocycles. The molecule has 1 spiro atoms. The Hall–Kier alpha value is -2.57. The van der Waals surface area contributed by atoms with Crippen molar-refractivity contribution in [3.63, 3.8) is 0 Å². The van der Waals surface area contributed by atoms with E-state index in [0.29, 0.717) is 31.1 Å². The molecule has 7 heteroatoms. The van der Waals surface area contributed by atoms with Gasteiger partial charge in [0.1, 0.15) is 5.75 Å². The topological polar surface area (TPSA) is 87.2 Å². The van der Waals surface area contributed by atoms with Crippen LogP contribution < -0.4 is 9.64 Å². The van der Waals surface area contributed by atoms with E-state index in [0.717, 1.165) is 19.3 Å². The number of amides is 2. The van der Waals surface area contributed by atoms with Gasteiger partial charge >= 0.3 is 5.97 Å². The average molecular weight is 372 g/mol. The molecule has 2 amide bonds. The molecule has 4 rings (SSSR count). The number of rotatable bonds is 4. The molecule has 27 heavy (non-hydrogen) atoms. The Bertz CT molecular complexity index is 784. The highest BCUT2D eigenvalue weighted by Gasteiger charge is 2.59. The molecule has 2 atom stereocenters. The van der Waals surface area contributed by atoms with E-state index in [1.807, 2.05) is 29.2 Å². The molecule has 2 fully saturated rings. The van der Waals surface area contributed by atoms with Crippen molar-refractivity contribution in [2.45, 2.75) is 38.7 Å². The summed E-state index contributed by atoms with van der Waals surface area (Å²) in [5, 5.41) is 9.17. The first-order valence-electron chi connectivity index (χ1n) is 9.49. The van der Waals surface area contributed by atoms with Crippen LogP contribution >= 0.6 is 0 Å². The second-order valence-corrected chi connectivity index (χ2v) is 7.81. The van der Waals surface area contributed by atoms with Crippen molar-refractivity contribution < 1.29 is 24.2 Å². The Morgan fingerprint density at radius 3 is 2.63 bits per heavy atom. The number of piperidine rings is 1. The molecule has 1 saturated carbocycles. The molecule has 0 radical (unpaired) electrons. The SMILES string of the molecule is CC1Oc2ccccc2N(CCC(=O)N2CCC3(CC2)CC3C(=O)O)C1=O. The van der Waals surface area contributed by atoms with Crippen LogP contribution in [-0.2, 0) is 14.4 Å². The van der Waals surface area contributed by atoms with E-state index in [2.05, 4.69) is 0 Å². The second-order valence-electron chi connectivity index (χ2n) is 7.81. The number of para-hydroxylation sites is 2. The van der Waals surface area contributed by atoms with Gasteiger partial charge in [0.25, 0.3) is 5.91 Å². The standard InChI is InChI=1S/C20H24N2O5/c1-13-18(24)22(15-4-2-3-5-16(15)27-13)9-6-17(23)21-10-7-20(8-11-21)12-14(20)19(25)26/h2-5,13-14H,6-12H2,1H3,(H,25,26). The third-order valence-corrected chi connectivity index (χ3v) is 6.22. The number of carbonyl (C=O) groups excluding carboxylic acids is 2. The molecule has 2 unspecified atom stereocenters. The monoisotopic (exact) mass is 372 g/mol. The molecule has 1 aromatic rings. The van der Waals surface area contributed by atoms with Gasteiger partial charge < -0.3 is 19.6 Å². The summed E-state index contributed by atoms with van der Waals surface area (Å²) >= 11 is 0. The largest absolute Gasteiger partial charge is 0.481 e. The Labute approximate surface area is 157 Å². The minimum Gasteiger partial charge on any atom is -0.481 e. The Morgan fingerprint density at radius 1 is 1.26 bits per heavy atom. The molecule has 144 valence electrons.